The van der Waals surface area contributed by atoms with Gasteiger partial charge in [0.1, 0.15) is 30.5 Å². The SMILES string of the molecule is O=C(/C=C/c1ccc(OCc2ccccn2)cc1)OCc1cc(F)cc2c1OCOC2. The molecule has 0 N–H and O–H groups in total. The minimum absolute atomic E-state index is 0.0844. The fourth-order valence-electron chi connectivity index (χ4n) is 3.04. The lowest BCUT2D eigenvalue weighted by Gasteiger charge is -2.20. The number of rotatable bonds is 7. The molecule has 0 atom stereocenters. The Morgan fingerprint density at radius 2 is 2.00 bits per heavy atom. The summed E-state index contributed by atoms with van der Waals surface area (Å²) in [6, 6.07) is 15.6. The van der Waals surface area contributed by atoms with Crippen LogP contribution < -0.4 is 9.47 Å². The van der Waals surface area contributed by atoms with Gasteiger partial charge in [-0.05, 0) is 48.0 Å². The third-order valence-electron chi connectivity index (χ3n) is 4.53. The lowest BCUT2D eigenvalue weighted by Crippen LogP contribution is -2.14. The molecule has 6 nitrogen and oxygen atoms in total. The second-order valence-electron chi connectivity index (χ2n) is 6.78. The van der Waals surface area contributed by atoms with Crippen LogP contribution in [0.3, 0.4) is 0 Å². The van der Waals surface area contributed by atoms with E-state index < -0.39 is 11.8 Å². The third-order valence-corrected chi connectivity index (χ3v) is 4.53. The van der Waals surface area contributed by atoms with Gasteiger partial charge in [-0.25, -0.2) is 9.18 Å². The molecule has 31 heavy (non-hydrogen) atoms. The molecule has 0 spiro atoms. The van der Waals surface area contributed by atoms with E-state index in [-0.39, 0.29) is 20.0 Å². The van der Waals surface area contributed by atoms with Crippen LogP contribution in [-0.2, 0) is 34.1 Å². The van der Waals surface area contributed by atoms with Crippen molar-refractivity contribution in [3.8, 4) is 11.5 Å². The number of benzene rings is 2. The molecule has 1 aliphatic rings. The molecule has 2 aromatic carbocycles. The van der Waals surface area contributed by atoms with E-state index in [1.807, 2.05) is 42.5 Å². The normalized spacial score (nSPS) is 12.8. The maximum Gasteiger partial charge on any atom is 0.331 e. The van der Waals surface area contributed by atoms with Crippen LogP contribution in [0.5, 0.6) is 11.5 Å². The number of carbonyl (C=O) groups excluding carboxylic acids is 1. The number of esters is 1. The summed E-state index contributed by atoms with van der Waals surface area (Å²) in [6.07, 6.45) is 4.67. The molecule has 0 aliphatic carbocycles. The first-order valence-corrected chi connectivity index (χ1v) is 9.67. The van der Waals surface area contributed by atoms with Gasteiger partial charge >= 0.3 is 5.97 Å². The highest BCUT2D eigenvalue weighted by Gasteiger charge is 2.17. The van der Waals surface area contributed by atoms with Gasteiger partial charge in [-0.3, -0.25) is 4.98 Å². The zero-order chi connectivity index (χ0) is 21.5. The maximum absolute atomic E-state index is 13.8. The van der Waals surface area contributed by atoms with Gasteiger partial charge in [0.2, 0.25) is 0 Å². The highest BCUT2D eigenvalue weighted by atomic mass is 19.1. The molecule has 4 rings (SSSR count). The van der Waals surface area contributed by atoms with Crippen LogP contribution in [0.15, 0.2) is 66.9 Å². The number of halogens is 1. The number of fused-ring (bicyclic) bond motifs is 1. The van der Waals surface area contributed by atoms with Crippen molar-refractivity contribution in [2.24, 2.45) is 0 Å². The summed E-state index contributed by atoms with van der Waals surface area (Å²) in [6.45, 7) is 0.627. The summed E-state index contributed by atoms with van der Waals surface area (Å²) < 4.78 is 35.2. The number of carbonyl (C=O) groups is 1. The first kappa shape index (κ1) is 20.6. The Bertz CT molecular complexity index is 1070. The van der Waals surface area contributed by atoms with E-state index in [1.165, 1.54) is 18.2 Å². The van der Waals surface area contributed by atoms with E-state index in [4.69, 9.17) is 18.9 Å². The van der Waals surface area contributed by atoms with Crippen LogP contribution in [0.4, 0.5) is 4.39 Å². The molecule has 0 bridgehead atoms. The van der Waals surface area contributed by atoms with Crippen molar-refractivity contribution >= 4 is 12.0 Å². The average Bonchev–Trinajstić information content (AvgIpc) is 2.81. The van der Waals surface area contributed by atoms with Crippen LogP contribution in [-0.4, -0.2) is 17.7 Å². The predicted octanol–water partition coefficient (Wildman–Crippen LogP) is 4.42. The van der Waals surface area contributed by atoms with E-state index in [2.05, 4.69) is 4.98 Å². The molecular formula is C24H20FNO5. The topological polar surface area (TPSA) is 66.9 Å². The number of aromatic nitrogens is 1. The molecule has 0 saturated heterocycles. The van der Waals surface area contributed by atoms with Gasteiger partial charge in [-0.1, -0.05) is 18.2 Å². The average molecular weight is 421 g/mol. The number of nitrogens with zero attached hydrogens (tertiary/aromatic N) is 1. The minimum Gasteiger partial charge on any atom is -0.487 e. The van der Waals surface area contributed by atoms with Gasteiger partial charge in [0.15, 0.2) is 6.79 Å². The molecule has 3 aromatic rings. The number of pyridine rings is 1. The smallest absolute Gasteiger partial charge is 0.331 e. The van der Waals surface area contributed by atoms with Gasteiger partial charge in [-0.15, -0.1) is 0 Å². The van der Waals surface area contributed by atoms with Crippen molar-refractivity contribution in [2.45, 2.75) is 19.8 Å². The molecule has 0 radical (unpaired) electrons. The highest BCUT2D eigenvalue weighted by Crippen LogP contribution is 2.30. The largest absolute Gasteiger partial charge is 0.487 e. The van der Waals surface area contributed by atoms with Crippen molar-refractivity contribution in [3.05, 3.63) is 95.1 Å². The Kier molecular flexibility index (Phi) is 6.54. The Hall–Kier alpha value is -3.71. The summed E-state index contributed by atoms with van der Waals surface area (Å²) in [5.74, 6) is 0.233. The second kappa shape index (κ2) is 9.86. The molecule has 1 aliphatic heterocycles. The van der Waals surface area contributed by atoms with Crippen molar-refractivity contribution in [3.63, 3.8) is 0 Å². The van der Waals surface area contributed by atoms with Crippen LogP contribution in [0.1, 0.15) is 22.4 Å². The Morgan fingerprint density at radius 3 is 2.81 bits per heavy atom. The molecule has 7 heteroatoms. The predicted molar refractivity (Wildman–Crippen MR) is 111 cm³/mol. The van der Waals surface area contributed by atoms with Crippen LogP contribution in [0.2, 0.25) is 0 Å². The van der Waals surface area contributed by atoms with Crippen LogP contribution >= 0.6 is 0 Å². The number of ether oxygens (including phenoxy) is 4. The third kappa shape index (κ3) is 5.67. The van der Waals surface area contributed by atoms with Gasteiger partial charge in [0, 0.05) is 23.4 Å². The molecule has 0 fully saturated rings. The lowest BCUT2D eigenvalue weighted by atomic mass is 10.1. The van der Waals surface area contributed by atoms with Gasteiger partial charge in [-0.2, -0.15) is 0 Å². The molecule has 2 heterocycles. The van der Waals surface area contributed by atoms with Crippen molar-refractivity contribution in [1.29, 1.82) is 0 Å². The fraction of sp³-hybridized carbons (Fsp3) is 0.167. The molecule has 0 saturated carbocycles. The zero-order valence-corrected chi connectivity index (χ0v) is 16.6. The lowest BCUT2D eigenvalue weighted by molar-refractivity contribution is -0.139. The summed E-state index contributed by atoms with van der Waals surface area (Å²) in [5.41, 5.74) is 2.71. The summed E-state index contributed by atoms with van der Waals surface area (Å²) in [7, 11) is 0. The Morgan fingerprint density at radius 1 is 1.13 bits per heavy atom. The van der Waals surface area contributed by atoms with Gasteiger partial charge < -0.3 is 18.9 Å². The van der Waals surface area contributed by atoms with Crippen molar-refractivity contribution in [2.75, 3.05) is 6.79 Å². The standard InChI is InChI=1S/C24H20FNO5/c25-20-11-18-13-28-16-31-24(18)19(12-20)14-30-23(27)9-6-17-4-7-22(8-5-17)29-15-21-3-1-2-10-26-21/h1-12H,13-16H2/b9-6+. The summed E-state index contributed by atoms with van der Waals surface area (Å²) >= 11 is 0. The van der Waals surface area contributed by atoms with E-state index in [9.17, 15) is 9.18 Å². The molecule has 158 valence electrons. The van der Waals surface area contributed by atoms with E-state index in [1.54, 1.807) is 12.3 Å². The molecule has 0 unspecified atom stereocenters. The van der Waals surface area contributed by atoms with Crippen LogP contribution in [0.25, 0.3) is 6.08 Å². The zero-order valence-electron chi connectivity index (χ0n) is 16.6. The first-order chi connectivity index (χ1) is 15.2. The van der Waals surface area contributed by atoms with E-state index in [0.717, 1.165) is 11.3 Å². The van der Waals surface area contributed by atoms with Crippen molar-refractivity contribution in [1.82, 2.24) is 4.98 Å². The fourth-order valence-corrected chi connectivity index (χ4v) is 3.04. The second-order valence-corrected chi connectivity index (χ2v) is 6.78. The van der Waals surface area contributed by atoms with Gasteiger partial charge in [0.25, 0.3) is 0 Å². The summed E-state index contributed by atoms with van der Waals surface area (Å²) in [5, 5.41) is 0. The maximum atomic E-state index is 13.8. The molecule has 1 aromatic heterocycles. The Labute approximate surface area is 178 Å². The molecular weight excluding hydrogens is 401 g/mol. The first-order valence-electron chi connectivity index (χ1n) is 9.67. The molecule has 0 amide bonds. The number of hydrogen-bond donors (Lipinski definition) is 0. The quantitative estimate of drug-likeness (QED) is 0.416. The van der Waals surface area contributed by atoms with E-state index in [0.29, 0.717) is 29.2 Å². The minimum atomic E-state index is -0.541. The highest BCUT2D eigenvalue weighted by molar-refractivity contribution is 5.87. The summed E-state index contributed by atoms with van der Waals surface area (Å²) in [4.78, 5) is 16.3. The van der Waals surface area contributed by atoms with Crippen molar-refractivity contribution < 1.29 is 28.1 Å². The van der Waals surface area contributed by atoms with Crippen LogP contribution in [0, 0.1) is 5.82 Å². The van der Waals surface area contributed by atoms with Gasteiger partial charge in [0.05, 0.1) is 12.3 Å². The van der Waals surface area contributed by atoms with E-state index >= 15 is 0 Å². The number of hydrogen-bond acceptors (Lipinski definition) is 6. The monoisotopic (exact) mass is 421 g/mol. The Balaban J connectivity index is 1.30.